The van der Waals surface area contributed by atoms with E-state index in [-0.39, 0.29) is 5.91 Å². The van der Waals surface area contributed by atoms with Crippen molar-refractivity contribution in [3.05, 3.63) is 57.9 Å². The average molecular weight is 394 g/mol. The lowest BCUT2D eigenvalue weighted by Crippen LogP contribution is -2.17. The monoisotopic (exact) mass is 393 g/mol. The molecule has 0 fully saturated rings. The van der Waals surface area contributed by atoms with Gasteiger partial charge in [0.1, 0.15) is 5.03 Å². The van der Waals surface area contributed by atoms with Crippen LogP contribution in [-0.4, -0.2) is 22.1 Å². The van der Waals surface area contributed by atoms with E-state index in [9.17, 15) is 4.79 Å². The third-order valence-corrected chi connectivity index (χ3v) is 4.46. The van der Waals surface area contributed by atoms with Gasteiger partial charge in [0, 0.05) is 15.7 Å². The summed E-state index contributed by atoms with van der Waals surface area (Å²) in [5, 5.41) is 4.22. The molecule has 0 bridgehead atoms. The van der Waals surface area contributed by atoms with Gasteiger partial charge in [-0.3, -0.25) is 4.79 Å². The zero-order chi connectivity index (χ0) is 18.0. The van der Waals surface area contributed by atoms with E-state index in [0.717, 1.165) is 0 Å². The van der Waals surface area contributed by atoms with Crippen molar-refractivity contribution < 1.29 is 9.21 Å². The van der Waals surface area contributed by atoms with Gasteiger partial charge in [-0.05, 0) is 43.5 Å². The van der Waals surface area contributed by atoms with Crippen molar-refractivity contribution in [3.8, 4) is 11.6 Å². The number of carbonyl (C=O) groups is 1. The van der Waals surface area contributed by atoms with E-state index in [1.54, 1.807) is 43.5 Å². The largest absolute Gasteiger partial charge is 0.461 e. The normalized spacial score (nSPS) is 10.7. The van der Waals surface area contributed by atoms with Gasteiger partial charge in [-0.1, -0.05) is 23.2 Å². The van der Waals surface area contributed by atoms with Crippen LogP contribution in [0.25, 0.3) is 11.6 Å². The summed E-state index contributed by atoms with van der Waals surface area (Å²) in [5.74, 6) is 0.660. The van der Waals surface area contributed by atoms with Crippen molar-refractivity contribution in [3.63, 3.8) is 0 Å². The quantitative estimate of drug-likeness (QED) is 0.479. The van der Waals surface area contributed by atoms with Crippen LogP contribution in [0.2, 0.25) is 10.0 Å². The van der Waals surface area contributed by atoms with Crippen LogP contribution in [0.1, 0.15) is 16.1 Å². The molecule has 1 aromatic carbocycles. The predicted octanol–water partition coefficient (Wildman–Crippen LogP) is 5.33. The van der Waals surface area contributed by atoms with Crippen molar-refractivity contribution in [2.24, 2.45) is 0 Å². The summed E-state index contributed by atoms with van der Waals surface area (Å²) in [5.41, 5.74) is 1.46. The molecule has 3 aromatic rings. The van der Waals surface area contributed by atoms with Gasteiger partial charge in [-0.2, -0.15) is 0 Å². The number of rotatable bonds is 4. The number of amides is 1. The number of nitrogens with one attached hydrogen (secondary N) is 1. The molecule has 1 N–H and O–H groups in total. The minimum absolute atomic E-state index is 0.328. The van der Waals surface area contributed by atoms with Crippen molar-refractivity contribution in [2.45, 2.75) is 11.9 Å². The predicted molar refractivity (Wildman–Crippen MR) is 101 cm³/mol. The van der Waals surface area contributed by atoms with Crippen LogP contribution >= 0.6 is 35.0 Å². The van der Waals surface area contributed by atoms with Crippen LogP contribution in [0.5, 0.6) is 0 Å². The van der Waals surface area contributed by atoms with Gasteiger partial charge in [-0.25, -0.2) is 9.97 Å². The lowest BCUT2D eigenvalue weighted by Gasteiger charge is -2.12. The Morgan fingerprint density at radius 3 is 2.52 bits per heavy atom. The summed E-state index contributed by atoms with van der Waals surface area (Å²) in [6.45, 7) is 1.76. The average Bonchev–Trinajstić information content (AvgIpc) is 3.07. The number of hydrogen-bond acceptors (Lipinski definition) is 5. The fraction of sp³-hybridized carbons (Fsp3) is 0.118. The Bertz CT molecular complexity index is 910. The van der Waals surface area contributed by atoms with Crippen molar-refractivity contribution in [1.29, 1.82) is 0 Å². The van der Waals surface area contributed by atoms with E-state index in [0.29, 0.717) is 43.6 Å². The summed E-state index contributed by atoms with van der Waals surface area (Å²) in [6, 6.07) is 8.37. The van der Waals surface area contributed by atoms with E-state index in [4.69, 9.17) is 27.6 Å². The fourth-order valence-electron chi connectivity index (χ4n) is 2.29. The number of halogens is 2. The third kappa shape index (κ3) is 3.98. The summed E-state index contributed by atoms with van der Waals surface area (Å²) in [4.78, 5) is 21.5. The minimum Gasteiger partial charge on any atom is -0.461 e. The molecule has 1 amide bonds. The number of anilines is 1. The number of hydrogen-bond donors (Lipinski definition) is 1. The molecule has 128 valence electrons. The molecule has 0 atom stereocenters. The van der Waals surface area contributed by atoms with Gasteiger partial charge >= 0.3 is 0 Å². The number of aromatic nitrogens is 2. The Hall–Kier alpha value is -2.02. The molecule has 0 aliphatic heterocycles. The van der Waals surface area contributed by atoms with Gasteiger partial charge in [0.2, 0.25) is 0 Å². The molecule has 0 aliphatic carbocycles. The first-order valence-corrected chi connectivity index (χ1v) is 9.20. The van der Waals surface area contributed by atoms with Crippen LogP contribution in [0.4, 0.5) is 5.69 Å². The molecule has 0 radical (unpaired) electrons. The Morgan fingerprint density at radius 2 is 1.92 bits per heavy atom. The second-order valence-electron chi connectivity index (χ2n) is 5.11. The first-order valence-electron chi connectivity index (χ1n) is 7.22. The topological polar surface area (TPSA) is 68.0 Å². The molecule has 0 saturated carbocycles. The standard InChI is InChI=1S/C17H13Cl2N3O2S/c1-9-14(16(23)21-12-7-10(18)6-11(19)8-12)17(25-2)22-15(20-9)13-4-3-5-24-13/h3-8H,1-2H3,(H,21,23). The highest BCUT2D eigenvalue weighted by atomic mass is 35.5. The van der Waals surface area contributed by atoms with Gasteiger partial charge in [0.05, 0.1) is 17.5 Å². The number of carbonyl (C=O) groups excluding carboxylic acids is 1. The molecule has 0 saturated heterocycles. The Kier molecular flexibility index (Phi) is 5.32. The summed E-state index contributed by atoms with van der Waals surface area (Å²) in [7, 11) is 0. The molecule has 0 spiro atoms. The first-order chi connectivity index (χ1) is 12.0. The third-order valence-electron chi connectivity index (χ3n) is 3.34. The maximum atomic E-state index is 12.7. The van der Waals surface area contributed by atoms with E-state index in [1.165, 1.54) is 11.8 Å². The van der Waals surface area contributed by atoms with E-state index >= 15 is 0 Å². The lowest BCUT2D eigenvalue weighted by atomic mass is 10.2. The molecular formula is C17H13Cl2N3O2S. The van der Waals surface area contributed by atoms with Gasteiger partial charge in [-0.15, -0.1) is 11.8 Å². The van der Waals surface area contributed by atoms with Crippen molar-refractivity contribution >= 4 is 46.6 Å². The minimum atomic E-state index is -0.328. The summed E-state index contributed by atoms with van der Waals surface area (Å²) >= 11 is 13.3. The van der Waals surface area contributed by atoms with Crippen molar-refractivity contribution in [1.82, 2.24) is 9.97 Å². The van der Waals surface area contributed by atoms with Gasteiger partial charge in [0.15, 0.2) is 11.6 Å². The second-order valence-corrected chi connectivity index (χ2v) is 6.77. The highest BCUT2D eigenvalue weighted by molar-refractivity contribution is 7.98. The molecule has 25 heavy (non-hydrogen) atoms. The van der Waals surface area contributed by atoms with Crippen LogP contribution in [0.3, 0.4) is 0 Å². The highest BCUT2D eigenvalue weighted by Gasteiger charge is 2.20. The SMILES string of the molecule is CSc1nc(-c2ccco2)nc(C)c1C(=O)Nc1cc(Cl)cc(Cl)c1. The molecule has 5 nitrogen and oxygen atoms in total. The first kappa shape index (κ1) is 17.8. The van der Waals surface area contributed by atoms with E-state index in [1.807, 2.05) is 6.26 Å². The molecule has 0 unspecified atom stereocenters. The van der Waals surface area contributed by atoms with Gasteiger partial charge in [0.25, 0.3) is 5.91 Å². The van der Waals surface area contributed by atoms with Crippen LogP contribution in [-0.2, 0) is 0 Å². The van der Waals surface area contributed by atoms with Crippen LogP contribution in [0, 0.1) is 6.92 Å². The fourth-order valence-corrected chi connectivity index (χ4v) is 3.44. The molecule has 2 heterocycles. The number of thioether (sulfide) groups is 1. The van der Waals surface area contributed by atoms with Crippen molar-refractivity contribution in [2.75, 3.05) is 11.6 Å². The summed E-state index contributed by atoms with van der Waals surface area (Å²) in [6.07, 6.45) is 3.40. The van der Waals surface area contributed by atoms with E-state index < -0.39 is 0 Å². The molecule has 0 aliphatic rings. The molecule has 8 heteroatoms. The lowest BCUT2D eigenvalue weighted by molar-refractivity contribution is 0.102. The molecule has 3 rings (SSSR count). The highest BCUT2D eigenvalue weighted by Crippen LogP contribution is 2.27. The Morgan fingerprint density at radius 1 is 1.20 bits per heavy atom. The van der Waals surface area contributed by atoms with E-state index in [2.05, 4.69) is 15.3 Å². The number of furan rings is 1. The van der Waals surface area contributed by atoms with Crippen LogP contribution in [0.15, 0.2) is 46.0 Å². The number of nitrogens with zero attached hydrogens (tertiary/aromatic N) is 2. The smallest absolute Gasteiger partial charge is 0.260 e. The number of benzene rings is 1. The summed E-state index contributed by atoms with van der Waals surface area (Å²) < 4.78 is 5.33. The molecular weight excluding hydrogens is 381 g/mol. The van der Waals surface area contributed by atoms with Gasteiger partial charge < -0.3 is 9.73 Å². The second kappa shape index (κ2) is 7.47. The zero-order valence-electron chi connectivity index (χ0n) is 13.3. The zero-order valence-corrected chi connectivity index (χ0v) is 15.7. The Balaban J connectivity index is 1.97. The Labute approximate surface area is 158 Å². The maximum absolute atomic E-state index is 12.7. The maximum Gasteiger partial charge on any atom is 0.260 e. The number of aryl methyl sites for hydroxylation is 1. The van der Waals surface area contributed by atoms with Crippen LogP contribution < -0.4 is 5.32 Å². The molecule has 2 aromatic heterocycles.